The zero-order chi connectivity index (χ0) is 14.5. The number of hydrogen-bond donors (Lipinski definition) is 2. The summed E-state index contributed by atoms with van der Waals surface area (Å²) in [5.41, 5.74) is 5.39. The van der Waals surface area contributed by atoms with Gasteiger partial charge in [-0.1, -0.05) is 0 Å². The highest BCUT2D eigenvalue weighted by Crippen LogP contribution is 2.16. The number of hydrogen-bond acceptors (Lipinski definition) is 4. The molecule has 1 aliphatic heterocycles. The molecular weight excluding hydrogens is 268 g/mol. The van der Waals surface area contributed by atoms with Crippen molar-refractivity contribution >= 4 is 16.1 Å². The molecule has 0 aliphatic carbocycles. The van der Waals surface area contributed by atoms with Crippen molar-refractivity contribution in [1.29, 1.82) is 0 Å². The molecule has 0 saturated carbocycles. The summed E-state index contributed by atoms with van der Waals surface area (Å²) >= 11 is 0. The van der Waals surface area contributed by atoms with Crippen molar-refractivity contribution in [3.05, 3.63) is 0 Å². The fourth-order valence-electron chi connectivity index (χ4n) is 2.14. The fraction of sp³-hybridized carbons (Fsp3) is 0.909. The predicted octanol–water partition coefficient (Wildman–Crippen LogP) is -0.888. The minimum Gasteiger partial charge on any atom is -0.354 e. The summed E-state index contributed by atoms with van der Waals surface area (Å²) in [6.45, 7) is 3.28. The zero-order valence-electron chi connectivity index (χ0n) is 11.6. The van der Waals surface area contributed by atoms with Gasteiger partial charge in [-0.05, 0) is 25.8 Å². The Morgan fingerprint density at radius 2 is 2.00 bits per heavy atom. The van der Waals surface area contributed by atoms with E-state index in [-0.39, 0.29) is 11.9 Å². The SMILES string of the molecule is CC(=O)NC1CCN(S(=O)(=O)N(C)CCCN)CC1. The van der Waals surface area contributed by atoms with Crippen LogP contribution in [0.2, 0.25) is 0 Å². The van der Waals surface area contributed by atoms with Crippen LogP contribution in [0.5, 0.6) is 0 Å². The van der Waals surface area contributed by atoms with Gasteiger partial charge in [0, 0.05) is 39.6 Å². The van der Waals surface area contributed by atoms with E-state index in [9.17, 15) is 13.2 Å². The lowest BCUT2D eigenvalue weighted by molar-refractivity contribution is -0.119. The van der Waals surface area contributed by atoms with Gasteiger partial charge in [-0.25, -0.2) is 0 Å². The third-order valence-corrected chi connectivity index (χ3v) is 5.25. The van der Waals surface area contributed by atoms with Crippen LogP contribution in [0.15, 0.2) is 0 Å². The monoisotopic (exact) mass is 292 g/mol. The Bertz CT molecular complexity index is 391. The Morgan fingerprint density at radius 1 is 1.42 bits per heavy atom. The molecule has 0 spiro atoms. The van der Waals surface area contributed by atoms with E-state index in [1.807, 2.05) is 0 Å². The van der Waals surface area contributed by atoms with Crippen molar-refractivity contribution in [1.82, 2.24) is 13.9 Å². The van der Waals surface area contributed by atoms with Gasteiger partial charge in [0.1, 0.15) is 0 Å². The Kier molecular flexibility index (Phi) is 6.18. The molecule has 0 aromatic rings. The quantitative estimate of drug-likeness (QED) is 0.664. The van der Waals surface area contributed by atoms with Gasteiger partial charge in [-0.2, -0.15) is 17.0 Å². The molecule has 0 atom stereocenters. The van der Waals surface area contributed by atoms with Gasteiger partial charge in [0.05, 0.1) is 0 Å². The molecule has 1 amide bonds. The number of carbonyl (C=O) groups is 1. The first-order valence-corrected chi connectivity index (χ1v) is 7.96. The summed E-state index contributed by atoms with van der Waals surface area (Å²) in [7, 11) is -1.81. The molecule has 1 aliphatic rings. The maximum atomic E-state index is 12.2. The van der Waals surface area contributed by atoms with Crippen LogP contribution < -0.4 is 11.1 Å². The molecule has 0 aromatic carbocycles. The van der Waals surface area contributed by atoms with Crippen molar-refractivity contribution in [2.75, 3.05) is 33.2 Å². The number of nitrogens with zero attached hydrogens (tertiary/aromatic N) is 2. The van der Waals surface area contributed by atoms with E-state index in [1.54, 1.807) is 7.05 Å². The van der Waals surface area contributed by atoms with E-state index in [4.69, 9.17) is 5.73 Å². The van der Waals surface area contributed by atoms with E-state index in [0.29, 0.717) is 45.4 Å². The molecular formula is C11H24N4O3S. The molecule has 8 heteroatoms. The first kappa shape index (κ1) is 16.4. The Morgan fingerprint density at radius 3 is 2.47 bits per heavy atom. The van der Waals surface area contributed by atoms with Crippen molar-refractivity contribution in [2.45, 2.75) is 32.2 Å². The Balaban J connectivity index is 2.51. The summed E-state index contributed by atoms with van der Waals surface area (Å²) < 4.78 is 27.3. The van der Waals surface area contributed by atoms with Crippen LogP contribution in [-0.2, 0) is 15.0 Å². The molecule has 0 bridgehead atoms. The molecule has 7 nitrogen and oxygen atoms in total. The first-order valence-electron chi connectivity index (χ1n) is 6.56. The average Bonchev–Trinajstić information content (AvgIpc) is 2.35. The molecule has 19 heavy (non-hydrogen) atoms. The van der Waals surface area contributed by atoms with Gasteiger partial charge in [0.25, 0.3) is 10.2 Å². The van der Waals surface area contributed by atoms with E-state index >= 15 is 0 Å². The van der Waals surface area contributed by atoms with Crippen LogP contribution in [0.4, 0.5) is 0 Å². The predicted molar refractivity (Wildman–Crippen MR) is 73.6 cm³/mol. The standard InChI is InChI=1S/C11H24N4O3S/c1-10(16)13-11-4-8-15(9-5-11)19(17,18)14(2)7-3-6-12/h11H,3-9,12H2,1-2H3,(H,13,16). The molecule has 0 unspecified atom stereocenters. The largest absolute Gasteiger partial charge is 0.354 e. The lowest BCUT2D eigenvalue weighted by Crippen LogP contribution is -2.50. The maximum absolute atomic E-state index is 12.2. The molecule has 112 valence electrons. The Labute approximate surface area is 115 Å². The van der Waals surface area contributed by atoms with Gasteiger partial charge in [0.15, 0.2) is 0 Å². The highest BCUT2D eigenvalue weighted by molar-refractivity contribution is 7.86. The first-order chi connectivity index (χ1) is 8.87. The second kappa shape index (κ2) is 7.18. The van der Waals surface area contributed by atoms with Crippen LogP contribution in [0.25, 0.3) is 0 Å². The normalized spacial score (nSPS) is 18.7. The lowest BCUT2D eigenvalue weighted by Gasteiger charge is -2.33. The molecule has 3 N–H and O–H groups in total. The van der Waals surface area contributed by atoms with Crippen LogP contribution in [0.3, 0.4) is 0 Å². The summed E-state index contributed by atoms with van der Waals surface area (Å²) in [5.74, 6) is -0.0682. The van der Waals surface area contributed by atoms with Gasteiger partial charge in [-0.15, -0.1) is 0 Å². The van der Waals surface area contributed by atoms with Crippen LogP contribution in [0, 0.1) is 0 Å². The summed E-state index contributed by atoms with van der Waals surface area (Å²) in [4.78, 5) is 11.0. The summed E-state index contributed by atoms with van der Waals surface area (Å²) in [5, 5.41) is 2.83. The van der Waals surface area contributed by atoms with Crippen LogP contribution in [-0.4, -0.2) is 62.2 Å². The van der Waals surface area contributed by atoms with Crippen molar-refractivity contribution in [2.24, 2.45) is 5.73 Å². The highest BCUT2D eigenvalue weighted by atomic mass is 32.2. The molecule has 1 rings (SSSR count). The molecule has 1 heterocycles. The summed E-state index contributed by atoms with van der Waals surface area (Å²) in [6, 6.07) is 0.0818. The van der Waals surface area contributed by atoms with Crippen molar-refractivity contribution in [3.8, 4) is 0 Å². The zero-order valence-corrected chi connectivity index (χ0v) is 12.4. The second-order valence-electron chi connectivity index (χ2n) is 4.85. The average molecular weight is 292 g/mol. The van der Waals surface area contributed by atoms with Gasteiger partial charge in [-0.3, -0.25) is 4.79 Å². The molecule has 0 radical (unpaired) electrons. The maximum Gasteiger partial charge on any atom is 0.281 e. The van der Waals surface area contributed by atoms with Crippen molar-refractivity contribution < 1.29 is 13.2 Å². The topological polar surface area (TPSA) is 95.7 Å². The smallest absolute Gasteiger partial charge is 0.281 e. The molecule has 1 fully saturated rings. The van der Waals surface area contributed by atoms with Crippen LogP contribution >= 0.6 is 0 Å². The number of rotatable bonds is 6. The number of nitrogens with one attached hydrogen (secondary N) is 1. The van der Waals surface area contributed by atoms with E-state index < -0.39 is 10.2 Å². The third-order valence-electron chi connectivity index (χ3n) is 3.26. The highest BCUT2D eigenvalue weighted by Gasteiger charge is 2.30. The van der Waals surface area contributed by atoms with Gasteiger partial charge < -0.3 is 11.1 Å². The van der Waals surface area contributed by atoms with Crippen LogP contribution in [0.1, 0.15) is 26.2 Å². The number of nitrogens with two attached hydrogens (primary N) is 1. The second-order valence-corrected chi connectivity index (χ2v) is 6.88. The van der Waals surface area contributed by atoms with Gasteiger partial charge >= 0.3 is 0 Å². The van der Waals surface area contributed by atoms with E-state index in [0.717, 1.165) is 0 Å². The fourth-order valence-corrected chi connectivity index (χ4v) is 3.57. The number of piperidine rings is 1. The van der Waals surface area contributed by atoms with E-state index in [2.05, 4.69) is 5.32 Å². The van der Waals surface area contributed by atoms with E-state index in [1.165, 1.54) is 15.5 Å². The lowest BCUT2D eigenvalue weighted by atomic mass is 10.1. The number of carbonyl (C=O) groups excluding carboxylic acids is 1. The molecule has 1 saturated heterocycles. The summed E-state index contributed by atoms with van der Waals surface area (Å²) in [6.07, 6.45) is 1.96. The molecule has 0 aromatic heterocycles. The third kappa shape index (κ3) is 4.72. The van der Waals surface area contributed by atoms with Crippen molar-refractivity contribution in [3.63, 3.8) is 0 Å². The minimum atomic E-state index is -3.39. The van der Waals surface area contributed by atoms with Gasteiger partial charge in [0.2, 0.25) is 5.91 Å². The number of amides is 1. The minimum absolute atomic E-state index is 0.0682. The Hall–Kier alpha value is -0.700.